The monoisotopic (exact) mass is 308 g/mol. The quantitative estimate of drug-likeness (QED) is 0.815. The molecule has 1 aromatic heterocycles. The fraction of sp³-hybridized carbons (Fsp3) is 0.0909. The first kappa shape index (κ1) is 13.9. The number of halogens is 3. The van der Waals surface area contributed by atoms with E-state index in [1.54, 1.807) is 0 Å². The van der Waals surface area contributed by atoms with Crippen molar-refractivity contribution in [2.75, 3.05) is 0 Å². The van der Waals surface area contributed by atoms with Gasteiger partial charge in [-0.25, -0.2) is 0 Å². The maximum atomic E-state index is 12.5. The molecule has 0 atom stereocenters. The van der Waals surface area contributed by atoms with Crippen molar-refractivity contribution in [2.45, 2.75) is 10.4 Å². The summed E-state index contributed by atoms with van der Waals surface area (Å²) in [5.74, 6) is -0.372. The Morgan fingerprint density at radius 2 is 1.84 bits per heavy atom. The number of alkyl halides is 3. The van der Waals surface area contributed by atoms with Crippen LogP contribution >= 0.6 is 11.3 Å². The van der Waals surface area contributed by atoms with E-state index in [2.05, 4.69) is 4.18 Å². The second kappa shape index (κ2) is 4.86. The maximum absolute atomic E-state index is 12.5. The second-order valence-electron chi connectivity index (χ2n) is 3.50. The highest BCUT2D eigenvalue weighted by Crippen LogP contribution is 2.32. The first-order valence-electron chi connectivity index (χ1n) is 4.94. The minimum absolute atomic E-state index is 0.0649. The summed E-state index contributed by atoms with van der Waals surface area (Å²) < 4.78 is 65.5. The van der Waals surface area contributed by atoms with E-state index < -0.39 is 21.9 Å². The van der Waals surface area contributed by atoms with Crippen LogP contribution in [0.25, 0.3) is 0 Å². The van der Waals surface area contributed by atoms with Crippen LogP contribution in [0.1, 0.15) is 5.56 Å². The molecule has 1 aromatic carbocycles. The molecule has 8 heteroatoms. The molecule has 0 fully saturated rings. The van der Waals surface area contributed by atoms with Gasteiger partial charge in [-0.15, -0.1) is 11.3 Å². The lowest BCUT2D eigenvalue weighted by Gasteiger charge is -2.09. The van der Waals surface area contributed by atoms with Crippen molar-refractivity contribution in [1.82, 2.24) is 0 Å². The van der Waals surface area contributed by atoms with Gasteiger partial charge in [0.25, 0.3) is 0 Å². The number of hydrogen-bond acceptors (Lipinski definition) is 4. The van der Waals surface area contributed by atoms with Gasteiger partial charge in [0.05, 0.1) is 5.56 Å². The summed E-state index contributed by atoms with van der Waals surface area (Å²) in [4.78, 5) is 0. The fourth-order valence-corrected chi connectivity index (χ4v) is 3.17. The van der Waals surface area contributed by atoms with Crippen molar-refractivity contribution >= 4 is 21.5 Å². The summed E-state index contributed by atoms with van der Waals surface area (Å²) in [5, 5.41) is 1.53. The summed E-state index contributed by atoms with van der Waals surface area (Å²) in [6.07, 6.45) is -4.55. The van der Waals surface area contributed by atoms with Crippen molar-refractivity contribution in [2.24, 2.45) is 0 Å². The number of hydrogen-bond donors (Lipinski definition) is 0. The molecule has 2 rings (SSSR count). The van der Waals surface area contributed by atoms with Crippen molar-refractivity contribution in [3.05, 3.63) is 47.3 Å². The first-order valence-corrected chi connectivity index (χ1v) is 7.23. The Kier molecular flexibility index (Phi) is 3.55. The normalized spacial score (nSPS) is 12.4. The highest BCUT2D eigenvalue weighted by Gasteiger charge is 2.31. The third-order valence-corrected chi connectivity index (χ3v) is 4.71. The lowest BCUT2D eigenvalue weighted by Crippen LogP contribution is -2.09. The summed E-state index contributed by atoms with van der Waals surface area (Å²) in [5.41, 5.74) is -0.966. The second-order valence-corrected chi connectivity index (χ2v) is 6.22. The van der Waals surface area contributed by atoms with Gasteiger partial charge in [0.2, 0.25) is 0 Å². The molecule has 3 nitrogen and oxygen atoms in total. The van der Waals surface area contributed by atoms with Crippen molar-refractivity contribution in [3.63, 3.8) is 0 Å². The highest BCUT2D eigenvalue weighted by atomic mass is 32.3. The van der Waals surface area contributed by atoms with Crippen LogP contribution in [0.3, 0.4) is 0 Å². The van der Waals surface area contributed by atoms with Crippen molar-refractivity contribution in [3.8, 4) is 5.75 Å². The average Bonchev–Trinajstić information content (AvgIpc) is 2.81. The summed E-state index contributed by atoms with van der Waals surface area (Å²) >= 11 is 0.924. The lowest BCUT2D eigenvalue weighted by atomic mass is 10.2. The van der Waals surface area contributed by atoms with Crippen molar-refractivity contribution in [1.29, 1.82) is 0 Å². The minimum atomic E-state index is -4.55. The van der Waals surface area contributed by atoms with E-state index in [4.69, 9.17) is 0 Å². The van der Waals surface area contributed by atoms with Gasteiger partial charge >= 0.3 is 16.3 Å². The molecule has 0 saturated heterocycles. The molecule has 0 aliphatic carbocycles. The molecule has 1 heterocycles. The van der Waals surface area contributed by atoms with E-state index in [1.165, 1.54) is 17.5 Å². The average molecular weight is 308 g/mol. The maximum Gasteiger partial charge on any atom is 0.416 e. The van der Waals surface area contributed by atoms with Gasteiger partial charge in [0.1, 0.15) is 5.75 Å². The van der Waals surface area contributed by atoms with Crippen LogP contribution in [0.15, 0.2) is 46.0 Å². The van der Waals surface area contributed by atoms with Gasteiger partial charge in [-0.05, 0) is 29.6 Å². The molecule has 19 heavy (non-hydrogen) atoms. The fourth-order valence-electron chi connectivity index (χ4n) is 1.30. The smallest absolute Gasteiger partial charge is 0.378 e. The predicted molar refractivity (Wildman–Crippen MR) is 63.6 cm³/mol. The molecule has 0 bridgehead atoms. The molecule has 0 spiro atoms. The largest absolute Gasteiger partial charge is 0.416 e. The zero-order chi connectivity index (χ0) is 14.1. The van der Waals surface area contributed by atoms with Crippen LogP contribution in [0, 0.1) is 0 Å². The van der Waals surface area contributed by atoms with E-state index in [0.717, 1.165) is 29.5 Å². The van der Waals surface area contributed by atoms with E-state index in [0.29, 0.717) is 6.07 Å². The van der Waals surface area contributed by atoms with Gasteiger partial charge < -0.3 is 4.18 Å². The topological polar surface area (TPSA) is 43.4 Å². The standard InChI is InChI=1S/C11H7F3O3S2/c12-11(13,14)8-3-1-4-9(7-8)17-19(15,16)10-5-2-6-18-10/h1-7H. The van der Waals surface area contributed by atoms with Gasteiger partial charge in [0, 0.05) is 0 Å². The van der Waals surface area contributed by atoms with Gasteiger partial charge in [-0.3, -0.25) is 0 Å². The Balaban J connectivity index is 2.30. The molecular formula is C11H7F3O3S2. The molecule has 0 saturated carbocycles. The zero-order valence-corrected chi connectivity index (χ0v) is 10.8. The van der Waals surface area contributed by atoms with Crippen LogP contribution in [0.2, 0.25) is 0 Å². The Labute approximate surface area is 111 Å². The molecule has 0 aliphatic rings. The Morgan fingerprint density at radius 1 is 1.11 bits per heavy atom. The van der Waals surface area contributed by atoms with E-state index >= 15 is 0 Å². The Bertz CT molecular complexity index is 661. The van der Waals surface area contributed by atoms with Gasteiger partial charge in [-0.2, -0.15) is 21.6 Å². The molecule has 0 aliphatic heterocycles. The van der Waals surface area contributed by atoms with E-state index in [1.807, 2.05) is 0 Å². The van der Waals surface area contributed by atoms with Crippen LogP contribution in [-0.2, 0) is 16.3 Å². The van der Waals surface area contributed by atoms with Crippen LogP contribution in [-0.4, -0.2) is 8.42 Å². The Hall–Kier alpha value is -1.54. The minimum Gasteiger partial charge on any atom is -0.378 e. The summed E-state index contributed by atoms with van der Waals surface area (Å²) in [6.45, 7) is 0. The summed E-state index contributed by atoms with van der Waals surface area (Å²) in [6, 6.07) is 6.54. The van der Waals surface area contributed by atoms with Crippen LogP contribution in [0.4, 0.5) is 13.2 Å². The Morgan fingerprint density at radius 3 is 2.42 bits per heavy atom. The lowest BCUT2D eigenvalue weighted by molar-refractivity contribution is -0.137. The molecular weight excluding hydrogens is 301 g/mol. The number of benzene rings is 1. The molecule has 0 amide bonds. The zero-order valence-electron chi connectivity index (χ0n) is 9.22. The predicted octanol–water partition coefficient (Wildman–Crippen LogP) is 3.53. The SMILES string of the molecule is O=S(=O)(Oc1cccc(C(F)(F)F)c1)c1cccs1. The molecule has 0 radical (unpaired) electrons. The highest BCUT2D eigenvalue weighted by molar-refractivity contribution is 7.89. The first-order chi connectivity index (χ1) is 8.79. The third kappa shape index (κ3) is 3.27. The molecule has 102 valence electrons. The molecule has 0 unspecified atom stereocenters. The van der Waals surface area contributed by atoms with Crippen molar-refractivity contribution < 1.29 is 25.8 Å². The van der Waals surface area contributed by atoms with Crippen LogP contribution in [0.5, 0.6) is 5.75 Å². The van der Waals surface area contributed by atoms with Crippen LogP contribution < -0.4 is 4.18 Å². The summed E-state index contributed by atoms with van der Waals surface area (Å²) in [7, 11) is -4.08. The van der Waals surface area contributed by atoms with Gasteiger partial charge in [0.15, 0.2) is 4.21 Å². The van der Waals surface area contributed by atoms with E-state index in [-0.39, 0.29) is 9.96 Å². The van der Waals surface area contributed by atoms with E-state index in [9.17, 15) is 21.6 Å². The third-order valence-electron chi connectivity index (χ3n) is 2.11. The number of rotatable bonds is 3. The number of thiophene rings is 1. The molecule has 2 aromatic rings. The van der Waals surface area contributed by atoms with Gasteiger partial charge in [-0.1, -0.05) is 12.1 Å². The molecule has 0 N–H and O–H groups in total.